The van der Waals surface area contributed by atoms with Crippen LogP contribution in [0.15, 0.2) is 103 Å². The first kappa shape index (κ1) is 33.1. The Hall–Kier alpha value is -4.40. The number of hydrogen-bond acceptors (Lipinski definition) is 5. The van der Waals surface area contributed by atoms with Gasteiger partial charge in [-0.25, -0.2) is 0 Å². The van der Waals surface area contributed by atoms with Gasteiger partial charge in [0.1, 0.15) is 0 Å². The maximum absolute atomic E-state index is 12.9. The molecular formula is C34H39F3N4O2. The molecule has 0 aliphatic heterocycles. The molecule has 0 saturated carbocycles. The molecule has 0 aliphatic rings. The van der Waals surface area contributed by atoms with E-state index >= 15 is 0 Å². The van der Waals surface area contributed by atoms with E-state index in [4.69, 9.17) is 4.74 Å². The summed E-state index contributed by atoms with van der Waals surface area (Å²) >= 11 is 0. The van der Waals surface area contributed by atoms with Crippen LogP contribution in [-0.2, 0) is 35.7 Å². The summed E-state index contributed by atoms with van der Waals surface area (Å²) < 4.78 is 45.4. The van der Waals surface area contributed by atoms with Crippen LogP contribution in [0.25, 0.3) is 11.1 Å². The van der Waals surface area contributed by atoms with Crippen LogP contribution in [0.2, 0.25) is 0 Å². The topological polar surface area (TPSA) is 59.7 Å². The van der Waals surface area contributed by atoms with Crippen molar-refractivity contribution in [3.63, 3.8) is 0 Å². The Labute approximate surface area is 251 Å². The van der Waals surface area contributed by atoms with Gasteiger partial charge in [0.2, 0.25) is 0 Å². The second-order valence-electron chi connectivity index (χ2n) is 10.4. The summed E-state index contributed by atoms with van der Waals surface area (Å²) in [7, 11) is 3.19. The highest BCUT2D eigenvalue weighted by Gasteiger charge is 2.30. The molecule has 0 saturated heterocycles. The van der Waals surface area contributed by atoms with Crippen LogP contribution in [0.3, 0.4) is 0 Å². The molecule has 2 aromatic carbocycles. The number of methoxy groups -OCH3 is 1. The molecule has 0 radical (unpaired) electrons. The molecule has 0 amide bonds. The van der Waals surface area contributed by atoms with E-state index in [1.165, 1.54) is 19.2 Å². The molecule has 2 unspecified atom stereocenters. The Morgan fingerprint density at radius 3 is 2.30 bits per heavy atom. The van der Waals surface area contributed by atoms with Crippen molar-refractivity contribution in [2.45, 2.75) is 39.4 Å². The Bertz CT molecular complexity index is 1420. The quantitative estimate of drug-likeness (QED) is 0.143. The highest BCUT2D eigenvalue weighted by atomic mass is 19.4. The maximum atomic E-state index is 12.9. The molecule has 3 rings (SSSR count). The van der Waals surface area contributed by atoms with Gasteiger partial charge in [-0.05, 0) is 52.8 Å². The van der Waals surface area contributed by atoms with Gasteiger partial charge in [-0.3, -0.25) is 14.5 Å². The Morgan fingerprint density at radius 1 is 1.09 bits per heavy atom. The Balaban J connectivity index is 1.66. The van der Waals surface area contributed by atoms with Crippen molar-refractivity contribution in [1.82, 2.24) is 14.7 Å². The van der Waals surface area contributed by atoms with Crippen LogP contribution >= 0.6 is 0 Å². The number of alkyl halides is 3. The van der Waals surface area contributed by atoms with E-state index in [2.05, 4.69) is 36.6 Å². The van der Waals surface area contributed by atoms with Crippen molar-refractivity contribution in [3.05, 3.63) is 114 Å². The average Bonchev–Trinajstić information content (AvgIpc) is 3.41. The highest BCUT2D eigenvalue weighted by Crippen LogP contribution is 2.31. The summed E-state index contributed by atoms with van der Waals surface area (Å²) in [4.78, 5) is 18.8. The van der Waals surface area contributed by atoms with Gasteiger partial charge in [0.15, 0.2) is 0 Å². The van der Waals surface area contributed by atoms with Gasteiger partial charge in [-0.2, -0.15) is 18.3 Å². The van der Waals surface area contributed by atoms with E-state index in [-0.39, 0.29) is 5.97 Å². The number of allylic oxidation sites excluding steroid dienone is 2. The molecule has 0 aliphatic carbocycles. The average molecular weight is 593 g/mol. The summed E-state index contributed by atoms with van der Waals surface area (Å²) in [5, 5.41) is 4.15. The molecule has 1 heterocycles. The van der Waals surface area contributed by atoms with Crippen molar-refractivity contribution in [2.75, 3.05) is 13.7 Å². The lowest BCUT2D eigenvalue weighted by atomic mass is 10.0. The van der Waals surface area contributed by atoms with E-state index in [9.17, 15) is 18.0 Å². The predicted octanol–water partition coefficient (Wildman–Crippen LogP) is 7.64. The molecule has 0 N–H and O–H groups in total. The lowest BCUT2D eigenvalue weighted by Crippen LogP contribution is -2.18. The van der Waals surface area contributed by atoms with Gasteiger partial charge in [0.25, 0.3) is 0 Å². The zero-order valence-corrected chi connectivity index (χ0v) is 25.1. The minimum Gasteiger partial charge on any atom is -0.469 e. The van der Waals surface area contributed by atoms with Crippen molar-refractivity contribution in [2.24, 2.45) is 23.9 Å². The number of halogens is 3. The minimum atomic E-state index is -4.36. The first-order chi connectivity index (χ1) is 20.5. The van der Waals surface area contributed by atoms with Gasteiger partial charge in [0, 0.05) is 37.9 Å². The first-order valence-corrected chi connectivity index (χ1v) is 14.1. The molecule has 228 valence electrons. The molecule has 0 bridgehead atoms. The number of carbonyl (C=O) groups is 1. The zero-order chi connectivity index (χ0) is 31.4. The minimum absolute atomic E-state index is 0.330. The molecule has 1 aromatic heterocycles. The number of carbonyl (C=O) groups excluding carboxylic acids is 1. The number of ether oxygens (including phenoxy) is 1. The molecule has 2 atom stereocenters. The van der Waals surface area contributed by atoms with Gasteiger partial charge in [-0.1, -0.05) is 75.4 Å². The van der Waals surface area contributed by atoms with Crippen molar-refractivity contribution in [1.29, 1.82) is 0 Å². The summed E-state index contributed by atoms with van der Waals surface area (Å²) in [6, 6.07) is 12.9. The SMILES string of the molecule is C=C(CN=C/C=C/C(Cc1cnn(C)c1)C(=O)OC)N(C=CC(C)CC)Cc1ccc(-c2ccc(C(F)(F)F)cc2)cc1. The van der Waals surface area contributed by atoms with E-state index in [1.807, 2.05) is 48.6 Å². The van der Waals surface area contributed by atoms with E-state index in [0.29, 0.717) is 25.4 Å². The number of aryl methyl sites for hydroxylation is 1. The van der Waals surface area contributed by atoms with Gasteiger partial charge < -0.3 is 9.64 Å². The summed E-state index contributed by atoms with van der Waals surface area (Å²) in [6.07, 6.45) is 10.0. The molecule has 6 nitrogen and oxygen atoms in total. The van der Waals surface area contributed by atoms with E-state index < -0.39 is 17.7 Å². The fourth-order valence-corrected chi connectivity index (χ4v) is 4.21. The predicted molar refractivity (Wildman–Crippen MR) is 165 cm³/mol. The lowest BCUT2D eigenvalue weighted by molar-refractivity contribution is -0.143. The molecule has 43 heavy (non-hydrogen) atoms. The molecule has 0 fully saturated rings. The molecular weight excluding hydrogens is 553 g/mol. The van der Waals surface area contributed by atoms with Crippen LogP contribution in [-0.4, -0.2) is 40.5 Å². The van der Waals surface area contributed by atoms with Gasteiger partial charge in [-0.15, -0.1) is 0 Å². The van der Waals surface area contributed by atoms with Crippen LogP contribution < -0.4 is 0 Å². The fourth-order valence-electron chi connectivity index (χ4n) is 4.21. The maximum Gasteiger partial charge on any atom is 0.416 e. The number of benzene rings is 2. The number of rotatable bonds is 14. The third-order valence-electron chi connectivity index (χ3n) is 7.02. The van der Waals surface area contributed by atoms with Crippen molar-refractivity contribution < 1.29 is 22.7 Å². The molecule has 9 heteroatoms. The third-order valence-corrected chi connectivity index (χ3v) is 7.02. The molecule has 0 spiro atoms. The summed E-state index contributed by atoms with van der Waals surface area (Å²) in [5.41, 5.74) is 3.63. The number of hydrogen-bond donors (Lipinski definition) is 0. The second kappa shape index (κ2) is 15.7. The Morgan fingerprint density at radius 2 is 1.74 bits per heavy atom. The second-order valence-corrected chi connectivity index (χ2v) is 10.4. The Kier molecular flexibility index (Phi) is 12.1. The third kappa shape index (κ3) is 10.4. The number of aliphatic imine (C=N–C) groups is 1. The number of aromatic nitrogens is 2. The van der Waals surface area contributed by atoms with Crippen LogP contribution in [0.5, 0.6) is 0 Å². The number of nitrogens with zero attached hydrogens (tertiary/aromatic N) is 4. The normalized spacial score (nSPS) is 13.6. The smallest absolute Gasteiger partial charge is 0.416 e. The first-order valence-electron chi connectivity index (χ1n) is 14.1. The van der Waals surface area contributed by atoms with Crippen LogP contribution in [0, 0.1) is 11.8 Å². The van der Waals surface area contributed by atoms with E-state index in [0.717, 1.165) is 46.5 Å². The van der Waals surface area contributed by atoms with Crippen LogP contribution in [0.1, 0.15) is 37.0 Å². The molecule has 3 aromatic rings. The van der Waals surface area contributed by atoms with Gasteiger partial charge >= 0.3 is 12.1 Å². The monoisotopic (exact) mass is 592 g/mol. The van der Waals surface area contributed by atoms with Crippen molar-refractivity contribution >= 4 is 12.2 Å². The van der Waals surface area contributed by atoms with Crippen molar-refractivity contribution in [3.8, 4) is 11.1 Å². The highest BCUT2D eigenvalue weighted by molar-refractivity contribution is 5.78. The fraction of sp³-hybridized carbons (Fsp3) is 0.324. The summed E-state index contributed by atoms with van der Waals surface area (Å²) in [5.74, 6) is -0.396. The van der Waals surface area contributed by atoms with Crippen LogP contribution in [0.4, 0.5) is 13.2 Å². The number of esters is 1. The lowest BCUT2D eigenvalue weighted by Gasteiger charge is -2.23. The summed E-state index contributed by atoms with van der Waals surface area (Å²) in [6.45, 7) is 9.42. The largest absolute Gasteiger partial charge is 0.469 e. The standard InChI is InChI=1S/C34H39F3N4O2/c1-6-25(2)17-19-41(24-27-9-11-29(12-10-27)30-13-15-32(16-14-30)34(35,36)37)26(3)21-38-18-7-8-31(33(42)43-5)20-28-22-39-40(4)23-28/h7-19,22-23,25,31H,3,6,20-21,24H2,1-2,4-5H3/b8-7+,19-17?,38-18?. The van der Waals surface area contributed by atoms with Gasteiger partial charge in [0.05, 0.1) is 31.3 Å². The zero-order valence-electron chi connectivity index (χ0n) is 25.1. The van der Waals surface area contributed by atoms with E-state index in [1.54, 1.807) is 29.2 Å².